The maximum atomic E-state index is 13.1. The van der Waals surface area contributed by atoms with Gasteiger partial charge in [0.1, 0.15) is 11.9 Å². The fraction of sp³-hybridized carbons (Fsp3) is 0.333. The summed E-state index contributed by atoms with van der Waals surface area (Å²) >= 11 is 0. The zero-order chi connectivity index (χ0) is 14.2. The van der Waals surface area contributed by atoms with E-state index in [-0.39, 0.29) is 24.2 Å². The van der Waals surface area contributed by atoms with Gasteiger partial charge in [-0.05, 0) is 18.2 Å². The molecule has 0 spiro atoms. The highest BCUT2D eigenvalue weighted by molar-refractivity contribution is 6.01. The van der Waals surface area contributed by atoms with Gasteiger partial charge >= 0.3 is 5.97 Å². The van der Waals surface area contributed by atoms with Crippen LogP contribution in [0, 0.1) is 5.82 Å². The third-order valence-corrected chi connectivity index (χ3v) is 3.07. The van der Waals surface area contributed by atoms with E-state index in [1.54, 1.807) is 0 Å². The minimum Gasteiger partial charge on any atom is -0.480 e. The molecule has 6 nitrogen and oxygen atoms in total. The average Bonchev–Trinajstić information content (AvgIpc) is 2.74. The molecule has 0 radical (unpaired) electrons. The van der Waals surface area contributed by atoms with E-state index in [0.29, 0.717) is 0 Å². The number of amides is 1. The number of hydrogen-bond acceptors (Lipinski definition) is 4. The Morgan fingerprint density at radius 3 is 2.74 bits per heavy atom. The molecule has 2 atom stereocenters. The van der Waals surface area contributed by atoms with Crippen molar-refractivity contribution in [3.8, 4) is 0 Å². The molecule has 1 amide bonds. The van der Waals surface area contributed by atoms with Crippen LogP contribution < -0.4 is 5.73 Å². The van der Waals surface area contributed by atoms with Crippen molar-refractivity contribution < 1.29 is 24.2 Å². The van der Waals surface area contributed by atoms with Gasteiger partial charge in [0, 0.05) is 18.7 Å². The molecule has 0 aliphatic carbocycles. The number of carboxylic acids is 1. The number of rotatable bonds is 2. The minimum atomic E-state index is -1.21. The number of β-amino-alcohol motifs (C(OH)–C–C–N with tert-alkyl or cyclic N) is 1. The molecule has 1 unspecified atom stereocenters. The predicted octanol–water partition coefficient (Wildman–Crippen LogP) is 0.0679. The van der Waals surface area contributed by atoms with E-state index in [2.05, 4.69) is 0 Å². The molecule has 0 aromatic heterocycles. The molecule has 0 bridgehead atoms. The second kappa shape index (κ2) is 4.85. The lowest BCUT2D eigenvalue weighted by atomic mass is 10.1. The number of carbonyl (C=O) groups excluding carboxylic acids is 1. The molecule has 2 rings (SSSR count). The molecule has 1 aliphatic rings. The molecule has 0 saturated carbocycles. The summed E-state index contributed by atoms with van der Waals surface area (Å²) in [6, 6.07) is 2.19. The normalized spacial score (nSPS) is 22.5. The minimum absolute atomic E-state index is 0.0453. The van der Waals surface area contributed by atoms with Crippen LogP contribution in [-0.4, -0.2) is 45.7 Å². The van der Waals surface area contributed by atoms with Gasteiger partial charge in [-0.25, -0.2) is 9.18 Å². The van der Waals surface area contributed by atoms with Crippen LogP contribution in [0.15, 0.2) is 18.2 Å². The third kappa shape index (κ3) is 2.50. The summed E-state index contributed by atoms with van der Waals surface area (Å²) in [5, 5.41) is 18.5. The summed E-state index contributed by atoms with van der Waals surface area (Å²) in [5.41, 5.74) is 5.56. The number of nitrogens with two attached hydrogens (primary N) is 1. The van der Waals surface area contributed by atoms with Gasteiger partial charge in [-0.3, -0.25) is 4.79 Å². The van der Waals surface area contributed by atoms with Crippen LogP contribution in [0.1, 0.15) is 16.8 Å². The number of aliphatic hydroxyl groups is 1. The predicted molar refractivity (Wildman–Crippen MR) is 63.9 cm³/mol. The smallest absolute Gasteiger partial charge is 0.326 e. The van der Waals surface area contributed by atoms with Crippen molar-refractivity contribution in [2.45, 2.75) is 18.6 Å². The molecular formula is C12H13FN2O4. The molecule has 19 heavy (non-hydrogen) atoms. The van der Waals surface area contributed by atoms with Crippen molar-refractivity contribution in [2.75, 3.05) is 12.3 Å². The number of halogens is 1. The first-order valence-electron chi connectivity index (χ1n) is 5.67. The molecule has 1 aliphatic heterocycles. The average molecular weight is 268 g/mol. The number of nitrogens with zero attached hydrogens (tertiary/aromatic N) is 1. The lowest BCUT2D eigenvalue weighted by Gasteiger charge is -2.21. The van der Waals surface area contributed by atoms with E-state index in [1.165, 1.54) is 6.07 Å². The Hall–Kier alpha value is -2.15. The highest BCUT2D eigenvalue weighted by Gasteiger charge is 2.39. The monoisotopic (exact) mass is 268 g/mol. The second-order valence-electron chi connectivity index (χ2n) is 4.43. The Labute approximate surface area is 108 Å². The summed E-state index contributed by atoms with van der Waals surface area (Å²) in [7, 11) is 0. The number of likely N-dealkylation sites (tertiary alicyclic amines) is 1. The van der Waals surface area contributed by atoms with Crippen LogP contribution in [0.4, 0.5) is 10.1 Å². The first kappa shape index (κ1) is 13.3. The maximum Gasteiger partial charge on any atom is 0.326 e. The number of benzene rings is 1. The number of carbonyl (C=O) groups is 2. The van der Waals surface area contributed by atoms with Crippen molar-refractivity contribution >= 4 is 17.6 Å². The van der Waals surface area contributed by atoms with Gasteiger partial charge in [-0.1, -0.05) is 0 Å². The molecule has 1 saturated heterocycles. The summed E-state index contributed by atoms with van der Waals surface area (Å²) < 4.78 is 13.1. The van der Waals surface area contributed by atoms with Gasteiger partial charge in [-0.2, -0.15) is 0 Å². The number of carboxylic acid groups (broad SMARTS) is 1. The Bertz CT molecular complexity index is 534. The van der Waals surface area contributed by atoms with Crippen LogP contribution in [0.25, 0.3) is 0 Å². The largest absolute Gasteiger partial charge is 0.480 e. The van der Waals surface area contributed by atoms with Crippen LogP contribution in [0.2, 0.25) is 0 Å². The quantitative estimate of drug-likeness (QED) is 0.658. The standard InChI is InChI=1S/C12H13FN2O4/c13-6-1-2-9(14)8(3-6)11(17)15-5-7(16)4-10(15)12(18)19/h1-3,7,10,16H,4-5,14H2,(H,18,19)/t7?,10-/m0/s1. The van der Waals surface area contributed by atoms with E-state index in [9.17, 15) is 19.1 Å². The molecule has 1 aromatic rings. The maximum absolute atomic E-state index is 13.1. The number of nitrogen functional groups attached to an aromatic ring is 1. The first-order valence-corrected chi connectivity index (χ1v) is 5.67. The zero-order valence-corrected chi connectivity index (χ0v) is 9.91. The highest BCUT2D eigenvalue weighted by atomic mass is 19.1. The first-order chi connectivity index (χ1) is 8.90. The van der Waals surface area contributed by atoms with Crippen molar-refractivity contribution in [3.05, 3.63) is 29.6 Å². The number of aliphatic carboxylic acids is 1. The van der Waals surface area contributed by atoms with Crippen molar-refractivity contribution in [2.24, 2.45) is 0 Å². The number of anilines is 1. The van der Waals surface area contributed by atoms with Crippen LogP contribution in [0.3, 0.4) is 0 Å². The summed E-state index contributed by atoms with van der Waals surface area (Å²) in [4.78, 5) is 24.2. The van der Waals surface area contributed by atoms with E-state index >= 15 is 0 Å². The van der Waals surface area contributed by atoms with Gasteiger partial charge in [0.25, 0.3) is 5.91 Å². The molecule has 7 heteroatoms. The Kier molecular flexibility index (Phi) is 3.39. The number of hydrogen-bond donors (Lipinski definition) is 3. The lowest BCUT2D eigenvalue weighted by Crippen LogP contribution is -2.40. The Balaban J connectivity index is 2.33. The zero-order valence-electron chi connectivity index (χ0n) is 9.91. The fourth-order valence-electron chi connectivity index (χ4n) is 2.14. The Morgan fingerprint density at radius 1 is 1.42 bits per heavy atom. The van der Waals surface area contributed by atoms with Crippen molar-refractivity contribution in [3.63, 3.8) is 0 Å². The molecular weight excluding hydrogens is 255 g/mol. The fourth-order valence-corrected chi connectivity index (χ4v) is 2.14. The lowest BCUT2D eigenvalue weighted by molar-refractivity contribution is -0.141. The van der Waals surface area contributed by atoms with E-state index in [0.717, 1.165) is 17.0 Å². The van der Waals surface area contributed by atoms with E-state index < -0.39 is 29.8 Å². The second-order valence-corrected chi connectivity index (χ2v) is 4.43. The van der Waals surface area contributed by atoms with Gasteiger partial charge in [0.05, 0.1) is 11.7 Å². The molecule has 4 N–H and O–H groups in total. The molecule has 1 aromatic carbocycles. The van der Waals surface area contributed by atoms with Crippen LogP contribution >= 0.6 is 0 Å². The summed E-state index contributed by atoms with van der Waals surface area (Å²) in [6.45, 7) is -0.105. The van der Waals surface area contributed by atoms with E-state index in [1.807, 2.05) is 0 Å². The molecule has 1 fully saturated rings. The number of aliphatic hydroxyl groups excluding tert-OH is 1. The van der Waals surface area contributed by atoms with Gasteiger partial charge < -0.3 is 20.8 Å². The van der Waals surface area contributed by atoms with Gasteiger partial charge in [0.2, 0.25) is 0 Å². The highest BCUT2D eigenvalue weighted by Crippen LogP contribution is 2.23. The topological polar surface area (TPSA) is 104 Å². The Morgan fingerprint density at radius 2 is 2.11 bits per heavy atom. The van der Waals surface area contributed by atoms with Crippen LogP contribution in [0.5, 0.6) is 0 Å². The molecule has 102 valence electrons. The van der Waals surface area contributed by atoms with Gasteiger partial charge in [-0.15, -0.1) is 0 Å². The molecule has 1 heterocycles. The van der Waals surface area contributed by atoms with Crippen molar-refractivity contribution in [1.29, 1.82) is 0 Å². The van der Waals surface area contributed by atoms with Gasteiger partial charge in [0.15, 0.2) is 0 Å². The SMILES string of the molecule is Nc1ccc(F)cc1C(=O)N1CC(O)C[C@H]1C(=O)O. The van der Waals surface area contributed by atoms with Crippen LogP contribution in [-0.2, 0) is 4.79 Å². The summed E-state index contributed by atoms with van der Waals surface area (Å²) in [5.74, 6) is -2.54. The van der Waals surface area contributed by atoms with E-state index in [4.69, 9.17) is 10.8 Å². The summed E-state index contributed by atoms with van der Waals surface area (Å²) in [6.07, 6.45) is -0.948. The van der Waals surface area contributed by atoms with Crippen molar-refractivity contribution in [1.82, 2.24) is 4.90 Å². The third-order valence-electron chi connectivity index (χ3n) is 3.07.